The number of hydrogen-bond donors (Lipinski definition) is 1. The molecular formula is C33H25N6OPt-. The molecule has 0 bridgehead atoms. The van der Waals surface area contributed by atoms with Gasteiger partial charge in [-0.2, -0.15) is 0 Å². The second-order valence-electron chi connectivity index (χ2n) is 9.22. The van der Waals surface area contributed by atoms with Gasteiger partial charge in [0.2, 0.25) is 0 Å². The first kappa shape index (κ1) is 27.8. The SMILES string of the molecule is Cc1ccc(N(c2[c-]c(-c3nc(-c4ccccc4)nc(-c4ccccc4O)n3)ccc2)c2ccccn2)c(C)n1.[Pt]. The molecule has 0 saturated carbocycles. The van der Waals surface area contributed by atoms with Gasteiger partial charge in [-0.1, -0.05) is 48.5 Å². The zero-order chi connectivity index (χ0) is 27.5. The molecule has 8 heteroatoms. The van der Waals surface area contributed by atoms with Crippen LogP contribution in [-0.4, -0.2) is 30.0 Å². The van der Waals surface area contributed by atoms with Gasteiger partial charge in [-0.25, -0.2) is 9.97 Å². The molecule has 0 aliphatic carbocycles. The predicted molar refractivity (Wildman–Crippen MR) is 156 cm³/mol. The third-order valence-corrected chi connectivity index (χ3v) is 6.39. The van der Waals surface area contributed by atoms with Crippen molar-refractivity contribution in [2.75, 3.05) is 4.90 Å². The second-order valence-corrected chi connectivity index (χ2v) is 9.22. The van der Waals surface area contributed by atoms with E-state index in [0.717, 1.165) is 34.1 Å². The average molecular weight is 717 g/mol. The number of phenols is 1. The van der Waals surface area contributed by atoms with E-state index in [1.807, 2.05) is 104 Å². The molecule has 204 valence electrons. The van der Waals surface area contributed by atoms with E-state index in [-0.39, 0.29) is 26.8 Å². The van der Waals surface area contributed by atoms with E-state index in [0.29, 0.717) is 28.6 Å². The maximum atomic E-state index is 10.6. The van der Waals surface area contributed by atoms with Crippen LogP contribution in [0.1, 0.15) is 11.4 Å². The van der Waals surface area contributed by atoms with E-state index in [4.69, 9.17) is 15.0 Å². The van der Waals surface area contributed by atoms with Crippen molar-refractivity contribution in [3.05, 3.63) is 127 Å². The molecule has 3 aromatic carbocycles. The summed E-state index contributed by atoms with van der Waals surface area (Å²) in [5.74, 6) is 2.15. The van der Waals surface area contributed by atoms with E-state index in [2.05, 4.69) is 16.0 Å². The zero-order valence-corrected chi connectivity index (χ0v) is 24.6. The van der Waals surface area contributed by atoms with Gasteiger partial charge in [-0.15, -0.1) is 29.8 Å². The summed E-state index contributed by atoms with van der Waals surface area (Å²) < 4.78 is 0. The van der Waals surface area contributed by atoms with Crippen LogP contribution in [0.5, 0.6) is 5.75 Å². The Morgan fingerprint density at radius 3 is 2.15 bits per heavy atom. The van der Waals surface area contributed by atoms with Crippen LogP contribution in [0.25, 0.3) is 34.2 Å². The summed E-state index contributed by atoms with van der Waals surface area (Å²) in [4.78, 5) is 25.6. The summed E-state index contributed by atoms with van der Waals surface area (Å²) in [5, 5.41) is 10.6. The number of rotatable bonds is 6. The van der Waals surface area contributed by atoms with Crippen LogP contribution in [0.4, 0.5) is 17.2 Å². The molecular weight excluding hydrogens is 691 g/mol. The molecule has 41 heavy (non-hydrogen) atoms. The Morgan fingerprint density at radius 1 is 0.659 bits per heavy atom. The molecule has 0 amide bonds. The van der Waals surface area contributed by atoms with Crippen LogP contribution < -0.4 is 4.90 Å². The first-order valence-electron chi connectivity index (χ1n) is 12.8. The normalized spacial score (nSPS) is 10.6. The average Bonchev–Trinajstić information content (AvgIpc) is 3.00. The van der Waals surface area contributed by atoms with E-state index in [9.17, 15) is 5.11 Å². The Kier molecular flexibility index (Phi) is 8.27. The molecule has 3 aromatic heterocycles. The number of hydrogen-bond acceptors (Lipinski definition) is 7. The van der Waals surface area contributed by atoms with Crippen molar-refractivity contribution in [1.82, 2.24) is 24.9 Å². The monoisotopic (exact) mass is 716 g/mol. The van der Waals surface area contributed by atoms with Gasteiger partial charge in [-0.3, -0.25) is 15.0 Å². The van der Waals surface area contributed by atoms with Crippen LogP contribution in [0.15, 0.2) is 109 Å². The summed E-state index contributed by atoms with van der Waals surface area (Å²) >= 11 is 0. The summed E-state index contributed by atoms with van der Waals surface area (Å²) in [6, 6.07) is 35.9. The minimum absolute atomic E-state index is 0. The second kappa shape index (κ2) is 12.2. The van der Waals surface area contributed by atoms with Crippen LogP contribution in [-0.2, 0) is 21.1 Å². The quantitative estimate of drug-likeness (QED) is 0.182. The van der Waals surface area contributed by atoms with Gasteiger partial charge in [0.05, 0.1) is 22.8 Å². The Hall–Kier alpha value is -4.74. The summed E-state index contributed by atoms with van der Waals surface area (Å²) in [7, 11) is 0. The summed E-state index contributed by atoms with van der Waals surface area (Å²) in [5.41, 5.74) is 5.51. The molecule has 0 radical (unpaired) electrons. The Balaban J connectivity index is 0.00000337. The molecule has 6 rings (SSSR count). The number of para-hydroxylation sites is 1. The van der Waals surface area contributed by atoms with Crippen LogP contribution in [0.2, 0.25) is 0 Å². The molecule has 0 aliphatic rings. The molecule has 0 unspecified atom stereocenters. The van der Waals surface area contributed by atoms with Crippen molar-refractivity contribution in [1.29, 1.82) is 0 Å². The number of aryl methyl sites for hydroxylation is 2. The first-order valence-corrected chi connectivity index (χ1v) is 12.8. The molecule has 0 fully saturated rings. The molecule has 0 atom stereocenters. The Bertz CT molecular complexity index is 1800. The predicted octanol–water partition coefficient (Wildman–Crippen LogP) is 7.25. The van der Waals surface area contributed by atoms with Gasteiger partial charge >= 0.3 is 0 Å². The first-order chi connectivity index (χ1) is 19.6. The number of anilines is 3. The third-order valence-electron chi connectivity index (χ3n) is 6.39. The fourth-order valence-electron chi connectivity index (χ4n) is 4.49. The van der Waals surface area contributed by atoms with Crippen molar-refractivity contribution in [2.45, 2.75) is 13.8 Å². The number of nitrogens with zero attached hydrogens (tertiary/aromatic N) is 6. The smallest absolute Gasteiger partial charge is 0.158 e. The van der Waals surface area contributed by atoms with E-state index in [1.165, 1.54) is 0 Å². The minimum Gasteiger partial charge on any atom is -0.507 e. The van der Waals surface area contributed by atoms with Gasteiger partial charge in [0.25, 0.3) is 0 Å². The summed E-state index contributed by atoms with van der Waals surface area (Å²) in [6.07, 6.45) is 1.76. The van der Waals surface area contributed by atoms with Gasteiger partial charge in [-0.05, 0) is 55.9 Å². The van der Waals surface area contributed by atoms with Crippen LogP contribution in [0.3, 0.4) is 0 Å². The maximum Gasteiger partial charge on any atom is 0.158 e. The van der Waals surface area contributed by atoms with Crippen molar-refractivity contribution in [2.24, 2.45) is 0 Å². The fraction of sp³-hybridized carbons (Fsp3) is 0.0606. The maximum absolute atomic E-state index is 10.6. The molecule has 0 spiro atoms. The van der Waals surface area contributed by atoms with Crippen LogP contribution >= 0.6 is 0 Å². The Labute approximate surface area is 252 Å². The zero-order valence-electron chi connectivity index (χ0n) is 22.3. The van der Waals surface area contributed by atoms with Crippen molar-refractivity contribution >= 4 is 17.2 Å². The largest absolute Gasteiger partial charge is 0.507 e. The van der Waals surface area contributed by atoms with Crippen molar-refractivity contribution < 1.29 is 26.2 Å². The fourth-order valence-corrected chi connectivity index (χ4v) is 4.49. The molecule has 0 aliphatic heterocycles. The number of aromatic nitrogens is 5. The van der Waals surface area contributed by atoms with Gasteiger partial charge < -0.3 is 10.0 Å². The van der Waals surface area contributed by atoms with Gasteiger partial charge in [0.1, 0.15) is 11.6 Å². The standard InChI is InChI=1S/C33H25N6O.Pt/c1-22-18-19-28(23(2)35-22)39(30-17-8-9-20-34-30)26-14-10-13-25(21-26)32-36-31(24-11-4-3-5-12-24)37-33(38-32)27-15-6-7-16-29(27)40;/h3-20,40H,1-2H3;/q-1;. The topological polar surface area (TPSA) is 87.9 Å². The number of phenolic OH excluding ortho intramolecular Hbond substituents is 1. The number of pyridine rings is 2. The van der Waals surface area contributed by atoms with Gasteiger partial charge in [0.15, 0.2) is 11.6 Å². The van der Waals surface area contributed by atoms with E-state index < -0.39 is 0 Å². The molecule has 6 aromatic rings. The summed E-state index contributed by atoms with van der Waals surface area (Å²) in [6.45, 7) is 3.96. The molecule has 0 saturated heterocycles. The third kappa shape index (κ3) is 5.91. The molecule has 1 N–H and O–H groups in total. The van der Waals surface area contributed by atoms with Crippen LogP contribution in [0, 0.1) is 19.9 Å². The Morgan fingerprint density at radius 2 is 1.39 bits per heavy atom. The molecule has 3 heterocycles. The molecule has 7 nitrogen and oxygen atoms in total. The minimum atomic E-state index is 0. The number of benzene rings is 3. The number of aromatic hydroxyl groups is 1. The van der Waals surface area contributed by atoms with Gasteiger partial charge in [0, 0.05) is 38.5 Å². The van der Waals surface area contributed by atoms with E-state index in [1.54, 1.807) is 24.4 Å². The van der Waals surface area contributed by atoms with Crippen molar-refractivity contribution in [3.8, 4) is 39.9 Å². The van der Waals surface area contributed by atoms with E-state index >= 15 is 0 Å². The van der Waals surface area contributed by atoms with Crippen molar-refractivity contribution in [3.63, 3.8) is 0 Å².